The maximum absolute atomic E-state index is 5.95. The van der Waals surface area contributed by atoms with Gasteiger partial charge < -0.3 is 14.8 Å². The van der Waals surface area contributed by atoms with Gasteiger partial charge in [0.05, 0.1) is 12.1 Å². The molecule has 114 valence electrons. The third kappa shape index (κ3) is 6.04. The molecule has 0 heterocycles. The Morgan fingerprint density at radius 3 is 2.45 bits per heavy atom. The molecule has 0 saturated carbocycles. The summed E-state index contributed by atoms with van der Waals surface area (Å²) in [5.41, 5.74) is 2.58. The molecule has 3 nitrogen and oxygen atoms in total. The molecule has 0 aliphatic rings. The van der Waals surface area contributed by atoms with Crippen molar-refractivity contribution in [3.63, 3.8) is 0 Å². The van der Waals surface area contributed by atoms with E-state index in [0.29, 0.717) is 0 Å². The van der Waals surface area contributed by atoms with Gasteiger partial charge in [0.1, 0.15) is 0 Å². The maximum Gasteiger partial charge on any atom is 0.0741 e. The molecule has 0 spiro atoms. The van der Waals surface area contributed by atoms with Crippen LogP contribution in [0.25, 0.3) is 0 Å². The number of benzene rings is 1. The van der Waals surface area contributed by atoms with Crippen LogP contribution >= 0.6 is 0 Å². The zero-order valence-electron chi connectivity index (χ0n) is 13.3. The van der Waals surface area contributed by atoms with E-state index in [1.807, 2.05) is 0 Å². The average Bonchev–Trinajstić information content (AvgIpc) is 2.46. The van der Waals surface area contributed by atoms with Gasteiger partial charge in [0.25, 0.3) is 0 Å². The molecule has 0 aliphatic carbocycles. The standard InChI is InChI=1S/C17H29NO2/c1-5-11-18-17(15(3)20-13-6-12-19-4)16-9-7-14(2)8-10-16/h7-10,15,17-18H,5-6,11-13H2,1-4H3. The molecule has 1 rings (SSSR count). The lowest BCUT2D eigenvalue weighted by Gasteiger charge is -2.26. The quantitative estimate of drug-likeness (QED) is 0.665. The van der Waals surface area contributed by atoms with E-state index in [1.165, 1.54) is 11.1 Å². The fourth-order valence-electron chi connectivity index (χ4n) is 2.20. The van der Waals surface area contributed by atoms with Crippen molar-refractivity contribution in [2.45, 2.75) is 45.8 Å². The van der Waals surface area contributed by atoms with Crippen LogP contribution in [0.3, 0.4) is 0 Å². The number of rotatable bonds is 10. The van der Waals surface area contributed by atoms with Crippen molar-refractivity contribution >= 4 is 0 Å². The van der Waals surface area contributed by atoms with E-state index in [-0.39, 0.29) is 12.1 Å². The molecule has 20 heavy (non-hydrogen) atoms. The molecule has 2 unspecified atom stereocenters. The van der Waals surface area contributed by atoms with Crippen molar-refractivity contribution in [3.8, 4) is 0 Å². The summed E-state index contributed by atoms with van der Waals surface area (Å²) in [5.74, 6) is 0. The minimum Gasteiger partial charge on any atom is -0.385 e. The van der Waals surface area contributed by atoms with Crippen molar-refractivity contribution in [2.75, 3.05) is 26.9 Å². The summed E-state index contributed by atoms with van der Waals surface area (Å²) in [6.07, 6.45) is 2.22. The molecule has 0 bridgehead atoms. The molecule has 0 fully saturated rings. The van der Waals surface area contributed by atoms with Crippen LogP contribution in [0.2, 0.25) is 0 Å². The largest absolute Gasteiger partial charge is 0.385 e. The molecule has 0 aliphatic heterocycles. The van der Waals surface area contributed by atoms with E-state index < -0.39 is 0 Å². The van der Waals surface area contributed by atoms with E-state index in [2.05, 4.69) is 50.4 Å². The lowest BCUT2D eigenvalue weighted by Crippen LogP contribution is -2.33. The molecule has 1 aromatic carbocycles. The second-order valence-electron chi connectivity index (χ2n) is 5.26. The highest BCUT2D eigenvalue weighted by molar-refractivity contribution is 5.24. The number of hydrogen-bond acceptors (Lipinski definition) is 3. The van der Waals surface area contributed by atoms with Gasteiger partial charge in [0, 0.05) is 20.3 Å². The zero-order chi connectivity index (χ0) is 14.8. The Hall–Kier alpha value is -0.900. The first-order valence-electron chi connectivity index (χ1n) is 7.59. The number of ether oxygens (including phenoxy) is 2. The van der Waals surface area contributed by atoms with Crippen LogP contribution in [0.5, 0.6) is 0 Å². The molecule has 0 aromatic heterocycles. The Labute approximate surface area is 123 Å². The summed E-state index contributed by atoms with van der Waals surface area (Å²) in [5, 5.41) is 3.59. The fourth-order valence-corrected chi connectivity index (χ4v) is 2.20. The zero-order valence-corrected chi connectivity index (χ0v) is 13.3. The highest BCUT2D eigenvalue weighted by atomic mass is 16.5. The van der Waals surface area contributed by atoms with Crippen LogP contribution in [0.4, 0.5) is 0 Å². The molecular formula is C17H29NO2. The molecule has 0 radical (unpaired) electrons. The van der Waals surface area contributed by atoms with Gasteiger partial charge in [-0.1, -0.05) is 36.8 Å². The number of hydrogen-bond donors (Lipinski definition) is 1. The first-order chi connectivity index (χ1) is 9.69. The second kappa shape index (κ2) is 9.92. The van der Waals surface area contributed by atoms with Crippen molar-refractivity contribution in [2.24, 2.45) is 0 Å². The first kappa shape index (κ1) is 17.2. The van der Waals surface area contributed by atoms with Crippen LogP contribution in [0.1, 0.15) is 43.9 Å². The van der Waals surface area contributed by atoms with Crippen LogP contribution in [-0.4, -0.2) is 33.0 Å². The third-order valence-electron chi connectivity index (χ3n) is 3.39. The van der Waals surface area contributed by atoms with Gasteiger partial charge in [0.2, 0.25) is 0 Å². The summed E-state index contributed by atoms with van der Waals surface area (Å²) < 4.78 is 11.0. The summed E-state index contributed by atoms with van der Waals surface area (Å²) in [6, 6.07) is 8.95. The van der Waals surface area contributed by atoms with Crippen LogP contribution in [-0.2, 0) is 9.47 Å². The molecule has 3 heteroatoms. The van der Waals surface area contributed by atoms with Gasteiger partial charge in [0.15, 0.2) is 0 Å². The first-order valence-corrected chi connectivity index (χ1v) is 7.59. The number of nitrogens with one attached hydrogen (secondary N) is 1. The van der Waals surface area contributed by atoms with E-state index in [9.17, 15) is 0 Å². The number of methoxy groups -OCH3 is 1. The second-order valence-corrected chi connectivity index (χ2v) is 5.26. The van der Waals surface area contributed by atoms with Crippen molar-refractivity contribution in [3.05, 3.63) is 35.4 Å². The average molecular weight is 279 g/mol. The van der Waals surface area contributed by atoms with Gasteiger partial charge in [-0.2, -0.15) is 0 Å². The maximum atomic E-state index is 5.95. The minimum atomic E-state index is 0.154. The molecule has 0 amide bonds. The van der Waals surface area contributed by atoms with Crippen LogP contribution in [0, 0.1) is 6.92 Å². The van der Waals surface area contributed by atoms with E-state index >= 15 is 0 Å². The van der Waals surface area contributed by atoms with Crippen LogP contribution in [0.15, 0.2) is 24.3 Å². The SMILES string of the molecule is CCCNC(c1ccc(C)cc1)C(C)OCCCOC. The Morgan fingerprint density at radius 1 is 1.15 bits per heavy atom. The highest BCUT2D eigenvalue weighted by Crippen LogP contribution is 2.20. The lowest BCUT2D eigenvalue weighted by atomic mass is 10.0. The van der Waals surface area contributed by atoms with Gasteiger partial charge in [-0.15, -0.1) is 0 Å². The summed E-state index contributed by atoms with van der Waals surface area (Å²) in [6.45, 7) is 8.94. The lowest BCUT2D eigenvalue weighted by molar-refractivity contribution is 0.0270. The smallest absolute Gasteiger partial charge is 0.0741 e. The van der Waals surface area contributed by atoms with Gasteiger partial charge in [-0.05, 0) is 38.8 Å². The molecular weight excluding hydrogens is 250 g/mol. The normalized spacial score (nSPS) is 14.2. The topological polar surface area (TPSA) is 30.5 Å². The number of aryl methyl sites for hydroxylation is 1. The van der Waals surface area contributed by atoms with Crippen molar-refractivity contribution < 1.29 is 9.47 Å². The highest BCUT2D eigenvalue weighted by Gasteiger charge is 2.18. The third-order valence-corrected chi connectivity index (χ3v) is 3.39. The Morgan fingerprint density at radius 2 is 1.85 bits per heavy atom. The Bertz CT molecular complexity index is 351. The van der Waals surface area contributed by atoms with E-state index in [0.717, 1.165) is 32.6 Å². The van der Waals surface area contributed by atoms with Crippen molar-refractivity contribution in [1.29, 1.82) is 0 Å². The van der Waals surface area contributed by atoms with Gasteiger partial charge in [-0.25, -0.2) is 0 Å². The molecule has 0 saturated heterocycles. The van der Waals surface area contributed by atoms with Gasteiger partial charge >= 0.3 is 0 Å². The molecule has 2 atom stereocenters. The summed E-state index contributed by atoms with van der Waals surface area (Å²) in [7, 11) is 1.72. The fraction of sp³-hybridized carbons (Fsp3) is 0.647. The predicted octanol–water partition coefficient (Wildman–Crippen LogP) is 3.48. The molecule has 1 aromatic rings. The Balaban J connectivity index is 2.60. The van der Waals surface area contributed by atoms with E-state index in [4.69, 9.17) is 9.47 Å². The monoisotopic (exact) mass is 279 g/mol. The summed E-state index contributed by atoms with van der Waals surface area (Å²) >= 11 is 0. The predicted molar refractivity (Wildman–Crippen MR) is 84.1 cm³/mol. The Kier molecular flexibility index (Phi) is 8.51. The van der Waals surface area contributed by atoms with Crippen molar-refractivity contribution in [1.82, 2.24) is 5.32 Å². The van der Waals surface area contributed by atoms with E-state index in [1.54, 1.807) is 7.11 Å². The van der Waals surface area contributed by atoms with Gasteiger partial charge in [-0.3, -0.25) is 0 Å². The molecule has 1 N–H and O–H groups in total. The summed E-state index contributed by atoms with van der Waals surface area (Å²) in [4.78, 5) is 0. The van der Waals surface area contributed by atoms with Crippen LogP contribution < -0.4 is 5.32 Å². The minimum absolute atomic E-state index is 0.154.